The van der Waals surface area contributed by atoms with Crippen LogP contribution in [0.4, 0.5) is 0 Å². The highest BCUT2D eigenvalue weighted by Crippen LogP contribution is 2.25. The number of primary amides is 1. The van der Waals surface area contributed by atoms with E-state index >= 15 is 0 Å². The van der Waals surface area contributed by atoms with Crippen molar-refractivity contribution >= 4 is 58.1 Å². The van der Waals surface area contributed by atoms with Gasteiger partial charge in [-0.1, -0.05) is 34.1 Å². The van der Waals surface area contributed by atoms with Crippen LogP contribution in [0.1, 0.15) is 103 Å². The molecular weight excluding hydrogens is 633 g/mol. The lowest BCUT2D eigenvalue weighted by Gasteiger charge is -2.32. The molecule has 1 fully saturated rings. The van der Waals surface area contributed by atoms with Crippen LogP contribution in [0.2, 0.25) is 0 Å². The number of nitrogens with two attached hydrogens (primary N) is 1. The zero-order valence-corrected chi connectivity index (χ0v) is 28.1. The molecule has 4 heterocycles. The number of nitrogens with zero attached hydrogens (tertiary/aromatic N) is 3. The van der Waals surface area contributed by atoms with Gasteiger partial charge in [-0.3, -0.25) is 28.8 Å². The first-order valence-electron chi connectivity index (χ1n) is 15.6. The topological polar surface area (TPSA) is 206 Å². The zero-order chi connectivity index (χ0) is 33.5. The lowest BCUT2D eigenvalue weighted by molar-refractivity contribution is -0.141. The summed E-state index contributed by atoms with van der Waals surface area (Å²) in [5.41, 5.74) is 5.64. The van der Waals surface area contributed by atoms with E-state index in [1.54, 1.807) is 10.8 Å². The molecule has 0 radical (unpaired) electrons. The first kappa shape index (κ1) is 34.9. The van der Waals surface area contributed by atoms with Crippen LogP contribution < -0.4 is 27.0 Å². The molecule has 5 atom stereocenters. The number of carbonyl (C=O) groups is 6. The van der Waals surface area contributed by atoms with Gasteiger partial charge in [0.1, 0.15) is 39.5 Å². The maximum absolute atomic E-state index is 13.9. The predicted octanol–water partition coefficient (Wildman–Crippen LogP) is 1.63. The smallest absolute Gasteiger partial charge is 0.271 e. The Morgan fingerprint density at radius 2 is 1.67 bits per heavy atom. The standard InChI is InChI=1S/C30H42N8O6S2/c1-5-16(4)24-30(44)38-10-6-7-21(38)28(43)35-18(11-15(2)3)26(41)34-17(8-9-22(31)39)29-36-19(14-46-29)25(40)32-12-23-33-20(13-45-23)27(42)37-24/h13-18,21,24H,5-12H2,1-4H3,(H2,31,39)(H,32,40)(H,34,41)(H,35,43)(H,37,42)/t16?,17-,18-,21-,24-/m0/s1. The molecule has 1 unspecified atom stereocenters. The largest absolute Gasteiger partial charge is 0.370 e. The number of nitrogens with one attached hydrogen (secondary N) is 4. The molecule has 2 aromatic heterocycles. The highest BCUT2D eigenvalue weighted by Gasteiger charge is 2.40. The third-order valence-electron chi connectivity index (χ3n) is 8.18. The fraction of sp³-hybridized carbons (Fsp3) is 0.600. The fourth-order valence-corrected chi connectivity index (χ4v) is 7.06. The second kappa shape index (κ2) is 15.6. The molecule has 4 rings (SSSR count). The first-order chi connectivity index (χ1) is 21.9. The SMILES string of the molecule is CCC(C)[C@@H]1NC(=O)c2csc(n2)CNC(=O)c2csc(n2)[C@H](CCC(N)=O)NC(=O)[C@H](CC(C)C)NC(=O)[C@@H]2CCCN2C1=O. The number of amides is 6. The quantitative estimate of drug-likeness (QED) is 0.291. The minimum atomic E-state index is -0.943. The van der Waals surface area contributed by atoms with Gasteiger partial charge in [-0.2, -0.15) is 0 Å². The molecule has 1 saturated heterocycles. The van der Waals surface area contributed by atoms with E-state index in [4.69, 9.17) is 5.73 Å². The van der Waals surface area contributed by atoms with Gasteiger partial charge in [-0.25, -0.2) is 9.97 Å². The third kappa shape index (κ3) is 8.66. The molecule has 0 saturated carbocycles. The van der Waals surface area contributed by atoms with Gasteiger partial charge in [0.2, 0.25) is 23.6 Å². The van der Waals surface area contributed by atoms with Crippen molar-refractivity contribution in [2.75, 3.05) is 6.54 Å². The fourth-order valence-electron chi connectivity index (χ4n) is 5.46. The molecule has 46 heavy (non-hydrogen) atoms. The number of carbonyl (C=O) groups excluding carboxylic acids is 6. The Kier molecular flexibility index (Phi) is 11.8. The molecule has 4 bridgehead atoms. The molecule has 0 aromatic carbocycles. The van der Waals surface area contributed by atoms with Gasteiger partial charge < -0.3 is 31.9 Å². The van der Waals surface area contributed by atoms with Gasteiger partial charge in [-0.15, -0.1) is 22.7 Å². The van der Waals surface area contributed by atoms with Gasteiger partial charge in [0.25, 0.3) is 11.8 Å². The van der Waals surface area contributed by atoms with Crippen LogP contribution in [0.15, 0.2) is 10.8 Å². The number of hydrogen-bond acceptors (Lipinski definition) is 10. The van der Waals surface area contributed by atoms with Crippen LogP contribution in [-0.4, -0.2) is 75.0 Å². The summed E-state index contributed by atoms with van der Waals surface area (Å²) in [6, 6.07) is -3.40. The minimum absolute atomic E-state index is 0.0298. The Balaban J connectivity index is 1.70. The monoisotopic (exact) mass is 674 g/mol. The van der Waals surface area contributed by atoms with E-state index in [1.165, 1.54) is 16.2 Å². The molecule has 2 aliphatic heterocycles. The van der Waals surface area contributed by atoms with Gasteiger partial charge >= 0.3 is 0 Å². The van der Waals surface area contributed by atoms with E-state index in [0.29, 0.717) is 42.2 Å². The van der Waals surface area contributed by atoms with E-state index in [0.717, 1.165) is 11.3 Å². The Morgan fingerprint density at radius 1 is 0.978 bits per heavy atom. The van der Waals surface area contributed by atoms with Crippen molar-refractivity contribution in [3.8, 4) is 0 Å². The normalized spacial score (nSPS) is 23.9. The van der Waals surface area contributed by atoms with Crippen molar-refractivity contribution in [1.82, 2.24) is 36.1 Å². The Hall–Kier alpha value is -3.92. The van der Waals surface area contributed by atoms with E-state index in [1.807, 2.05) is 27.7 Å². The average molecular weight is 675 g/mol. The summed E-state index contributed by atoms with van der Waals surface area (Å²) in [6.45, 7) is 8.00. The Bertz CT molecular complexity index is 1460. The second-order valence-corrected chi connectivity index (χ2v) is 14.0. The molecule has 16 heteroatoms. The zero-order valence-electron chi connectivity index (χ0n) is 26.5. The highest BCUT2D eigenvalue weighted by molar-refractivity contribution is 7.10. The highest BCUT2D eigenvalue weighted by atomic mass is 32.1. The number of rotatable bonds is 7. The second-order valence-electron chi connectivity index (χ2n) is 12.2. The van der Waals surface area contributed by atoms with Crippen LogP contribution in [-0.2, 0) is 25.7 Å². The number of thiazole rings is 2. The predicted molar refractivity (Wildman–Crippen MR) is 172 cm³/mol. The lowest BCUT2D eigenvalue weighted by Crippen LogP contribution is -2.57. The summed E-state index contributed by atoms with van der Waals surface area (Å²) in [5.74, 6) is -3.09. The minimum Gasteiger partial charge on any atom is -0.370 e. The molecule has 2 aromatic rings. The van der Waals surface area contributed by atoms with Gasteiger partial charge in [0.15, 0.2) is 0 Å². The average Bonchev–Trinajstić information content (AvgIpc) is 3.80. The van der Waals surface area contributed by atoms with Gasteiger partial charge in [0.05, 0.1) is 12.6 Å². The van der Waals surface area contributed by atoms with Crippen LogP contribution >= 0.6 is 22.7 Å². The summed E-state index contributed by atoms with van der Waals surface area (Å²) in [5, 5.41) is 15.4. The van der Waals surface area contributed by atoms with E-state index in [-0.39, 0.29) is 48.5 Å². The van der Waals surface area contributed by atoms with E-state index < -0.39 is 53.7 Å². The van der Waals surface area contributed by atoms with Crippen molar-refractivity contribution < 1.29 is 28.8 Å². The maximum atomic E-state index is 13.9. The van der Waals surface area contributed by atoms with Crippen molar-refractivity contribution in [3.05, 3.63) is 32.2 Å². The van der Waals surface area contributed by atoms with Gasteiger partial charge in [0, 0.05) is 23.7 Å². The molecule has 6 amide bonds. The van der Waals surface area contributed by atoms with E-state index in [9.17, 15) is 28.8 Å². The molecule has 14 nitrogen and oxygen atoms in total. The number of hydrogen-bond donors (Lipinski definition) is 5. The third-order valence-corrected chi connectivity index (χ3v) is 9.98. The van der Waals surface area contributed by atoms with Crippen LogP contribution in [0.25, 0.3) is 0 Å². The lowest BCUT2D eigenvalue weighted by atomic mass is 9.97. The van der Waals surface area contributed by atoms with Crippen LogP contribution in [0, 0.1) is 11.8 Å². The molecule has 0 spiro atoms. The van der Waals surface area contributed by atoms with Crippen LogP contribution in [0.3, 0.4) is 0 Å². The summed E-state index contributed by atoms with van der Waals surface area (Å²) in [6.07, 6.45) is 2.02. The molecule has 2 aliphatic rings. The van der Waals surface area contributed by atoms with Gasteiger partial charge in [-0.05, 0) is 37.5 Å². The van der Waals surface area contributed by atoms with Crippen molar-refractivity contribution in [3.63, 3.8) is 0 Å². The molecule has 250 valence electrons. The number of fused-ring (bicyclic) bond motifs is 5. The molecule has 0 aliphatic carbocycles. The van der Waals surface area contributed by atoms with Crippen molar-refractivity contribution in [1.29, 1.82) is 0 Å². The van der Waals surface area contributed by atoms with Crippen molar-refractivity contribution in [2.24, 2.45) is 17.6 Å². The first-order valence-corrected chi connectivity index (χ1v) is 17.3. The number of aromatic nitrogens is 2. The Morgan fingerprint density at radius 3 is 2.37 bits per heavy atom. The van der Waals surface area contributed by atoms with Crippen LogP contribution in [0.5, 0.6) is 0 Å². The Labute approximate surface area is 275 Å². The molecule has 6 N–H and O–H groups in total. The molecular formula is C30H42N8O6S2. The summed E-state index contributed by atoms with van der Waals surface area (Å²) in [4.78, 5) is 89.5. The van der Waals surface area contributed by atoms with E-state index in [2.05, 4.69) is 31.2 Å². The van der Waals surface area contributed by atoms with Crippen molar-refractivity contribution in [2.45, 2.75) is 96.9 Å². The summed E-state index contributed by atoms with van der Waals surface area (Å²) in [7, 11) is 0. The summed E-state index contributed by atoms with van der Waals surface area (Å²) < 4.78 is 0. The summed E-state index contributed by atoms with van der Waals surface area (Å²) >= 11 is 2.34. The maximum Gasteiger partial charge on any atom is 0.271 e.